The summed E-state index contributed by atoms with van der Waals surface area (Å²) in [5, 5.41) is 18.0. The van der Waals surface area contributed by atoms with Crippen LogP contribution in [0.3, 0.4) is 0 Å². The second-order valence-corrected chi connectivity index (χ2v) is 5.23. The Morgan fingerprint density at radius 3 is 3.00 bits per heavy atom. The smallest absolute Gasteiger partial charge is 0.137 e. The van der Waals surface area contributed by atoms with Crippen LogP contribution in [0.1, 0.15) is 11.7 Å². The van der Waals surface area contributed by atoms with Crippen LogP contribution in [0.4, 0.5) is 11.5 Å². The molecule has 3 aromatic rings. The van der Waals surface area contributed by atoms with Crippen molar-refractivity contribution in [2.75, 3.05) is 17.6 Å². The molecule has 102 valence electrons. The van der Waals surface area contributed by atoms with Crippen LogP contribution in [0.2, 0.25) is 0 Å². The zero-order chi connectivity index (χ0) is 13.9. The van der Waals surface area contributed by atoms with Crippen LogP contribution in [0, 0.1) is 0 Å². The van der Waals surface area contributed by atoms with Crippen molar-refractivity contribution in [1.82, 2.24) is 9.97 Å². The number of nitrogens with two attached hydrogens (primary N) is 1. The summed E-state index contributed by atoms with van der Waals surface area (Å²) < 4.78 is 0. The van der Waals surface area contributed by atoms with Gasteiger partial charge in [-0.25, -0.2) is 9.97 Å². The summed E-state index contributed by atoms with van der Waals surface area (Å²) in [6.45, 7) is 0.387. The molecule has 0 fully saturated rings. The van der Waals surface area contributed by atoms with Crippen LogP contribution >= 0.6 is 11.3 Å². The first-order valence-electron chi connectivity index (χ1n) is 6.18. The standard InChI is InChI=1S/C14H14N4OS/c15-10-1-2-12-11(5-10)14(18-8-17-12)16-6-13(19)9-3-4-20-7-9/h1-5,7-8,13,19H,6,15H2,(H,16,17,18). The topological polar surface area (TPSA) is 84.1 Å². The van der Waals surface area contributed by atoms with Gasteiger partial charge in [-0.3, -0.25) is 0 Å². The number of hydrogen-bond acceptors (Lipinski definition) is 6. The highest BCUT2D eigenvalue weighted by Crippen LogP contribution is 2.23. The molecular weight excluding hydrogens is 272 g/mol. The molecule has 0 radical (unpaired) electrons. The fourth-order valence-electron chi connectivity index (χ4n) is 1.99. The van der Waals surface area contributed by atoms with E-state index < -0.39 is 6.10 Å². The summed E-state index contributed by atoms with van der Waals surface area (Å²) in [6.07, 6.45) is 0.935. The molecule has 1 aromatic carbocycles. The molecule has 0 aliphatic heterocycles. The second-order valence-electron chi connectivity index (χ2n) is 4.45. The van der Waals surface area contributed by atoms with Crippen LogP contribution in [0.25, 0.3) is 10.9 Å². The molecule has 0 saturated carbocycles. The molecular formula is C14H14N4OS. The minimum atomic E-state index is -0.563. The number of thiophene rings is 1. The van der Waals surface area contributed by atoms with E-state index in [1.807, 2.05) is 29.0 Å². The van der Waals surface area contributed by atoms with Crippen LogP contribution in [0.15, 0.2) is 41.4 Å². The van der Waals surface area contributed by atoms with Crippen LogP contribution in [-0.2, 0) is 0 Å². The van der Waals surface area contributed by atoms with E-state index in [0.717, 1.165) is 16.5 Å². The summed E-state index contributed by atoms with van der Waals surface area (Å²) in [5.41, 5.74) is 8.18. The normalized spacial score (nSPS) is 12.4. The van der Waals surface area contributed by atoms with Gasteiger partial charge in [-0.2, -0.15) is 11.3 Å². The molecule has 1 atom stereocenters. The Kier molecular flexibility index (Phi) is 3.49. The summed E-state index contributed by atoms with van der Waals surface area (Å²) in [5.74, 6) is 0.677. The Morgan fingerprint density at radius 1 is 1.30 bits per heavy atom. The van der Waals surface area contributed by atoms with E-state index >= 15 is 0 Å². The Labute approximate surface area is 120 Å². The van der Waals surface area contributed by atoms with Gasteiger partial charge in [0.1, 0.15) is 12.1 Å². The summed E-state index contributed by atoms with van der Waals surface area (Å²) in [4.78, 5) is 8.41. The molecule has 5 nitrogen and oxygen atoms in total. The van der Waals surface area contributed by atoms with Crippen molar-refractivity contribution >= 4 is 33.7 Å². The molecule has 6 heteroatoms. The molecule has 2 heterocycles. The quantitative estimate of drug-likeness (QED) is 0.641. The maximum absolute atomic E-state index is 10.1. The van der Waals surface area contributed by atoms with Gasteiger partial charge in [0, 0.05) is 17.6 Å². The fourth-order valence-corrected chi connectivity index (χ4v) is 2.70. The van der Waals surface area contributed by atoms with Gasteiger partial charge in [-0.1, -0.05) is 0 Å². The summed E-state index contributed by atoms with van der Waals surface area (Å²) in [6, 6.07) is 7.40. The van der Waals surface area contributed by atoms with Gasteiger partial charge in [0.05, 0.1) is 11.6 Å². The lowest BCUT2D eigenvalue weighted by Crippen LogP contribution is -2.12. The number of aromatic nitrogens is 2. The number of hydrogen-bond donors (Lipinski definition) is 3. The Balaban J connectivity index is 1.82. The van der Waals surface area contributed by atoms with Crippen molar-refractivity contribution in [1.29, 1.82) is 0 Å². The number of nitrogens with zero attached hydrogens (tertiary/aromatic N) is 2. The van der Waals surface area contributed by atoms with Crippen molar-refractivity contribution in [2.24, 2.45) is 0 Å². The van der Waals surface area contributed by atoms with Gasteiger partial charge in [0.25, 0.3) is 0 Å². The van der Waals surface area contributed by atoms with Gasteiger partial charge >= 0.3 is 0 Å². The van der Waals surface area contributed by atoms with Gasteiger partial charge < -0.3 is 16.2 Å². The zero-order valence-electron chi connectivity index (χ0n) is 10.7. The number of aliphatic hydroxyl groups excluding tert-OH is 1. The predicted molar refractivity (Wildman–Crippen MR) is 81.7 cm³/mol. The lowest BCUT2D eigenvalue weighted by Gasteiger charge is -2.12. The highest BCUT2D eigenvalue weighted by Gasteiger charge is 2.09. The van der Waals surface area contributed by atoms with Gasteiger partial charge in [0.15, 0.2) is 0 Å². The average molecular weight is 286 g/mol. The first-order chi connectivity index (χ1) is 9.74. The fraction of sp³-hybridized carbons (Fsp3) is 0.143. The minimum Gasteiger partial charge on any atom is -0.399 e. The number of rotatable bonds is 4. The SMILES string of the molecule is Nc1ccc2ncnc(NCC(O)c3ccsc3)c2c1. The maximum atomic E-state index is 10.1. The van der Waals surface area contributed by atoms with E-state index in [-0.39, 0.29) is 0 Å². The van der Waals surface area contributed by atoms with E-state index in [0.29, 0.717) is 18.1 Å². The largest absolute Gasteiger partial charge is 0.399 e. The first kappa shape index (κ1) is 12.8. The van der Waals surface area contributed by atoms with Crippen LogP contribution < -0.4 is 11.1 Å². The molecule has 2 aromatic heterocycles. The summed E-state index contributed by atoms with van der Waals surface area (Å²) >= 11 is 1.56. The monoisotopic (exact) mass is 286 g/mol. The van der Waals surface area contributed by atoms with Crippen molar-refractivity contribution in [2.45, 2.75) is 6.10 Å². The molecule has 0 amide bonds. The third-order valence-electron chi connectivity index (χ3n) is 3.05. The molecule has 1 unspecified atom stereocenters. The number of fused-ring (bicyclic) bond motifs is 1. The van der Waals surface area contributed by atoms with E-state index in [2.05, 4.69) is 15.3 Å². The molecule has 0 aliphatic carbocycles. The lowest BCUT2D eigenvalue weighted by atomic mass is 10.2. The van der Waals surface area contributed by atoms with Crippen molar-refractivity contribution in [3.63, 3.8) is 0 Å². The molecule has 0 bridgehead atoms. The molecule has 4 N–H and O–H groups in total. The van der Waals surface area contributed by atoms with Gasteiger partial charge in [-0.15, -0.1) is 0 Å². The molecule has 20 heavy (non-hydrogen) atoms. The third-order valence-corrected chi connectivity index (χ3v) is 3.75. The maximum Gasteiger partial charge on any atom is 0.137 e. The molecule has 0 spiro atoms. The van der Waals surface area contributed by atoms with Gasteiger partial charge in [0.2, 0.25) is 0 Å². The van der Waals surface area contributed by atoms with Gasteiger partial charge in [-0.05, 0) is 40.6 Å². The first-order valence-corrected chi connectivity index (χ1v) is 7.12. The third kappa shape index (κ3) is 2.56. The van der Waals surface area contributed by atoms with Crippen molar-refractivity contribution < 1.29 is 5.11 Å². The number of nitrogens with one attached hydrogen (secondary N) is 1. The minimum absolute atomic E-state index is 0.387. The summed E-state index contributed by atoms with van der Waals surface area (Å²) in [7, 11) is 0. The van der Waals surface area contributed by atoms with Crippen molar-refractivity contribution in [3.05, 3.63) is 46.9 Å². The van der Waals surface area contributed by atoms with E-state index in [1.54, 1.807) is 17.4 Å². The molecule has 3 rings (SSSR count). The predicted octanol–water partition coefficient (Wildman–Crippen LogP) is 2.42. The highest BCUT2D eigenvalue weighted by atomic mass is 32.1. The number of aliphatic hydroxyl groups is 1. The van der Waals surface area contributed by atoms with E-state index in [9.17, 15) is 5.11 Å². The van der Waals surface area contributed by atoms with Crippen LogP contribution in [-0.4, -0.2) is 21.6 Å². The van der Waals surface area contributed by atoms with E-state index in [1.165, 1.54) is 6.33 Å². The Morgan fingerprint density at radius 2 is 2.20 bits per heavy atom. The van der Waals surface area contributed by atoms with E-state index in [4.69, 9.17) is 5.73 Å². The highest BCUT2D eigenvalue weighted by molar-refractivity contribution is 7.07. The molecule has 0 saturated heterocycles. The lowest BCUT2D eigenvalue weighted by molar-refractivity contribution is 0.192. The van der Waals surface area contributed by atoms with Crippen molar-refractivity contribution in [3.8, 4) is 0 Å². The second kappa shape index (κ2) is 5.44. The number of nitrogen functional groups attached to an aromatic ring is 1. The number of benzene rings is 1. The Hall–Kier alpha value is -2.18. The zero-order valence-corrected chi connectivity index (χ0v) is 11.5. The Bertz CT molecular complexity index is 714. The molecule has 0 aliphatic rings. The average Bonchev–Trinajstić information content (AvgIpc) is 2.99. The number of anilines is 2. The van der Waals surface area contributed by atoms with Crippen LogP contribution in [0.5, 0.6) is 0 Å².